The van der Waals surface area contributed by atoms with Crippen LogP contribution in [0.15, 0.2) is 18.2 Å². The van der Waals surface area contributed by atoms with Gasteiger partial charge in [0, 0.05) is 12.1 Å². The lowest BCUT2D eigenvalue weighted by Gasteiger charge is -2.26. The van der Waals surface area contributed by atoms with Crippen molar-refractivity contribution in [3.8, 4) is 5.75 Å². The van der Waals surface area contributed by atoms with E-state index in [-0.39, 0.29) is 17.6 Å². The first-order valence-electron chi connectivity index (χ1n) is 7.28. The molecule has 1 aliphatic rings. The lowest BCUT2D eigenvalue weighted by molar-refractivity contribution is -0.143. The maximum absolute atomic E-state index is 12.1. The van der Waals surface area contributed by atoms with Crippen LogP contribution in [0.2, 0.25) is 0 Å². The zero-order valence-corrected chi connectivity index (χ0v) is 12.1. The number of carboxylic acids is 1. The van der Waals surface area contributed by atoms with Crippen LogP contribution in [0, 0.1) is 18.8 Å². The Hall–Kier alpha value is -2.04. The maximum atomic E-state index is 12.1. The second kappa shape index (κ2) is 6.61. The largest absolute Gasteiger partial charge is 0.508 e. The van der Waals surface area contributed by atoms with E-state index in [1.165, 1.54) is 6.07 Å². The average Bonchev–Trinajstić information content (AvgIpc) is 2.45. The molecule has 1 amide bonds. The van der Waals surface area contributed by atoms with Crippen LogP contribution in [0.25, 0.3) is 0 Å². The van der Waals surface area contributed by atoms with E-state index < -0.39 is 5.97 Å². The van der Waals surface area contributed by atoms with E-state index >= 15 is 0 Å². The zero-order valence-electron chi connectivity index (χ0n) is 12.1. The fourth-order valence-electron chi connectivity index (χ4n) is 2.85. The molecule has 5 nitrogen and oxygen atoms in total. The Morgan fingerprint density at radius 1 is 1.24 bits per heavy atom. The van der Waals surface area contributed by atoms with Crippen LogP contribution in [0.1, 0.15) is 41.6 Å². The molecule has 0 aliphatic heterocycles. The van der Waals surface area contributed by atoms with Crippen molar-refractivity contribution in [3.63, 3.8) is 0 Å². The van der Waals surface area contributed by atoms with Crippen LogP contribution in [0.4, 0.5) is 0 Å². The highest BCUT2D eigenvalue weighted by Gasteiger charge is 2.26. The predicted octanol–water partition coefficient (Wildman–Crippen LogP) is 2.32. The molecule has 1 aromatic carbocycles. The molecular formula is C16H21NO4. The van der Waals surface area contributed by atoms with Gasteiger partial charge in [-0.25, -0.2) is 0 Å². The van der Waals surface area contributed by atoms with Crippen molar-refractivity contribution in [1.29, 1.82) is 0 Å². The third kappa shape index (κ3) is 3.97. The molecule has 1 aromatic rings. The number of benzene rings is 1. The number of nitrogens with one attached hydrogen (secondary N) is 1. The number of aliphatic carboxylic acids is 1. The number of aryl methyl sites for hydroxylation is 1. The van der Waals surface area contributed by atoms with Gasteiger partial charge in [0.05, 0.1) is 5.92 Å². The number of aromatic hydroxyl groups is 1. The number of rotatable bonds is 4. The average molecular weight is 291 g/mol. The molecule has 0 atom stereocenters. The van der Waals surface area contributed by atoms with E-state index in [1.54, 1.807) is 19.1 Å². The van der Waals surface area contributed by atoms with Crippen molar-refractivity contribution in [3.05, 3.63) is 29.3 Å². The van der Waals surface area contributed by atoms with Crippen molar-refractivity contribution < 1.29 is 19.8 Å². The van der Waals surface area contributed by atoms with Crippen molar-refractivity contribution in [2.45, 2.75) is 32.6 Å². The Morgan fingerprint density at radius 3 is 2.48 bits per heavy atom. The molecule has 1 fully saturated rings. The van der Waals surface area contributed by atoms with Crippen LogP contribution < -0.4 is 5.32 Å². The van der Waals surface area contributed by atoms with Crippen molar-refractivity contribution in [1.82, 2.24) is 5.32 Å². The predicted molar refractivity (Wildman–Crippen MR) is 78.3 cm³/mol. The second-order valence-corrected chi connectivity index (χ2v) is 5.77. The quantitative estimate of drug-likeness (QED) is 0.794. The van der Waals surface area contributed by atoms with Crippen LogP contribution in [0.3, 0.4) is 0 Å². The van der Waals surface area contributed by atoms with Gasteiger partial charge in [0.15, 0.2) is 0 Å². The summed E-state index contributed by atoms with van der Waals surface area (Å²) in [4.78, 5) is 23.0. The number of phenolic OH excluding ortho intramolecular Hbond substituents is 1. The Labute approximate surface area is 124 Å². The van der Waals surface area contributed by atoms with E-state index in [9.17, 15) is 14.7 Å². The number of carbonyl (C=O) groups excluding carboxylic acids is 1. The van der Waals surface area contributed by atoms with Gasteiger partial charge in [-0.05, 0) is 62.3 Å². The van der Waals surface area contributed by atoms with Gasteiger partial charge < -0.3 is 15.5 Å². The lowest BCUT2D eigenvalue weighted by atomic mass is 9.82. The van der Waals surface area contributed by atoms with E-state index in [4.69, 9.17) is 5.11 Å². The highest BCUT2D eigenvalue weighted by molar-refractivity contribution is 5.95. The van der Waals surface area contributed by atoms with Gasteiger partial charge in [0.25, 0.3) is 5.91 Å². The zero-order chi connectivity index (χ0) is 15.4. The number of amides is 1. The first-order chi connectivity index (χ1) is 9.97. The number of hydrogen-bond acceptors (Lipinski definition) is 3. The fraction of sp³-hybridized carbons (Fsp3) is 0.500. The number of carboxylic acid groups (broad SMARTS) is 1. The maximum Gasteiger partial charge on any atom is 0.306 e. The van der Waals surface area contributed by atoms with Gasteiger partial charge in [0.1, 0.15) is 5.75 Å². The normalized spacial score (nSPS) is 21.8. The summed E-state index contributed by atoms with van der Waals surface area (Å²) in [5.74, 6) is -0.584. The van der Waals surface area contributed by atoms with Crippen LogP contribution in [-0.4, -0.2) is 28.6 Å². The van der Waals surface area contributed by atoms with Gasteiger partial charge in [-0.1, -0.05) is 0 Å². The number of phenols is 1. The molecule has 5 heteroatoms. The lowest BCUT2D eigenvalue weighted by Crippen LogP contribution is -2.32. The van der Waals surface area contributed by atoms with Gasteiger partial charge in [-0.3, -0.25) is 9.59 Å². The Morgan fingerprint density at radius 2 is 1.90 bits per heavy atom. The monoisotopic (exact) mass is 291 g/mol. The second-order valence-electron chi connectivity index (χ2n) is 5.77. The van der Waals surface area contributed by atoms with Crippen LogP contribution in [-0.2, 0) is 4.79 Å². The van der Waals surface area contributed by atoms with E-state index in [1.807, 2.05) is 0 Å². The highest BCUT2D eigenvalue weighted by Crippen LogP contribution is 2.28. The molecule has 0 bridgehead atoms. The summed E-state index contributed by atoms with van der Waals surface area (Å²) in [6.45, 7) is 2.36. The summed E-state index contributed by atoms with van der Waals surface area (Å²) in [5, 5.41) is 21.2. The summed E-state index contributed by atoms with van der Waals surface area (Å²) in [7, 11) is 0. The van der Waals surface area contributed by atoms with E-state index in [0.717, 1.165) is 18.4 Å². The SMILES string of the molecule is Cc1cc(O)ccc1C(=O)NCC1CCC(C(=O)O)CC1. The summed E-state index contributed by atoms with van der Waals surface area (Å²) >= 11 is 0. The molecule has 0 heterocycles. The Bertz CT molecular complexity index is 533. The van der Waals surface area contributed by atoms with Crippen molar-refractivity contribution in [2.75, 3.05) is 6.54 Å². The molecule has 1 saturated carbocycles. The Kier molecular flexibility index (Phi) is 4.83. The molecule has 0 aromatic heterocycles. The molecule has 2 rings (SSSR count). The van der Waals surface area contributed by atoms with Gasteiger partial charge in [-0.2, -0.15) is 0 Å². The topological polar surface area (TPSA) is 86.6 Å². The summed E-state index contributed by atoms with van der Waals surface area (Å²) < 4.78 is 0. The van der Waals surface area contributed by atoms with Gasteiger partial charge in [-0.15, -0.1) is 0 Å². The molecule has 3 N–H and O–H groups in total. The molecular weight excluding hydrogens is 270 g/mol. The molecule has 1 aliphatic carbocycles. The number of hydrogen-bond donors (Lipinski definition) is 3. The van der Waals surface area contributed by atoms with E-state index in [0.29, 0.717) is 30.9 Å². The summed E-state index contributed by atoms with van der Waals surface area (Å²) in [6, 6.07) is 4.67. The number of carbonyl (C=O) groups is 2. The van der Waals surface area contributed by atoms with Gasteiger partial charge >= 0.3 is 5.97 Å². The molecule has 21 heavy (non-hydrogen) atoms. The summed E-state index contributed by atoms with van der Waals surface area (Å²) in [6.07, 6.45) is 3.06. The van der Waals surface area contributed by atoms with Crippen LogP contribution >= 0.6 is 0 Å². The molecule has 114 valence electrons. The third-order valence-corrected chi connectivity index (χ3v) is 4.20. The molecule has 0 saturated heterocycles. The minimum absolute atomic E-state index is 0.146. The molecule has 0 spiro atoms. The molecule has 0 radical (unpaired) electrons. The smallest absolute Gasteiger partial charge is 0.306 e. The van der Waals surface area contributed by atoms with Crippen LogP contribution in [0.5, 0.6) is 5.75 Å². The standard InChI is InChI=1S/C16H21NO4/c1-10-8-13(18)6-7-14(10)15(19)17-9-11-2-4-12(5-3-11)16(20)21/h6-8,11-12,18H,2-5,9H2,1H3,(H,17,19)(H,20,21). The first-order valence-corrected chi connectivity index (χ1v) is 7.28. The third-order valence-electron chi connectivity index (χ3n) is 4.20. The van der Waals surface area contributed by atoms with Gasteiger partial charge in [0.2, 0.25) is 0 Å². The first kappa shape index (κ1) is 15.4. The minimum Gasteiger partial charge on any atom is -0.508 e. The van der Waals surface area contributed by atoms with E-state index in [2.05, 4.69) is 5.32 Å². The fourth-order valence-corrected chi connectivity index (χ4v) is 2.85. The van der Waals surface area contributed by atoms with Crippen molar-refractivity contribution >= 4 is 11.9 Å². The highest BCUT2D eigenvalue weighted by atomic mass is 16.4. The van der Waals surface area contributed by atoms with Crippen molar-refractivity contribution in [2.24, 2.45) is 11.8 Å². The summed E-state index contributed by atoms with van der Waals surface area (Å²) in [5.41, 5.74) is 1.30. The minimum atomic E-state index is -0.711. The Balaban J connectivity index is 1.83. The molecule has 0 unspecified atom stereocenters.